The predicted octanol–water partition coefficient (Wildman–Crippen LogP) is 0.647. The van der Waals surface area contributed by atoms with Crippen LogP contribution in [0.25, 0.3) is 0 Å². The molecule has 0 amide bonds. The van der Waals surface area contributed by atoms with Gasteiger partial charge in [-0.2, -0.15) is 5.10 Å². The third-order valence-corrected chi connectivity index (χ3v) is 1.70. The van der Waals surface area contributed by atoms with Gasteiger partial charge in [0.05, 0.1) is 6.04 Å². The molecule has 0 saturated heterocycles. The van der Waals surface area contributed by atoms with Gasteiger partial charge in [-0.25, -0.2) is 4.98 Å². The fraction of sp³-hybridized carbons (Fsp3) is 0.714. The normalized spacial score (nSPS) is 13.4. The molecule has 0 spiro atoms. The highest BCUT2D eigenvalue weighted by atomic mass is 15.2. The number of hydrogen-bond acceptors (Lipinski definition) is 3. The van der Waals surface area contributed by atoms with Crippen LogP contribution >= 0.6 is 0 Å². The van der Waals surface area contributed by atoms with Gasteiger partial charge in [0.1, 0.15) is 5.82 Å². The lowest BCUT2D eigenvalue weighted by atomic mass is 10.3. The third-order valence-electron chi connectivity index (χ3n) is 1.70. The SMILES string of the molecule is CCc1nc(C(C)NC)n[nH]1. The first-order chi connectivity index (χ1) is 5.27. The fourth-order valence-corrected chi connectivity index (χ4v) is 0.791. The average Bonchev–Trinajstić information content (AvgIpc) is 2.50. The molecule has 1 unspecified atom stereocenters. The minimum absolute atomic E-state index is 0.228. The van der Waals surface area contributed by atoms with E-state index < -0.39 is 0 Å². The van der Waals surface area contributed by atoms with Crippen molar-refractivity contribution in [2.45, 2.75) is 26.3 Å². The van der Waals surface area contributed by atoms with Crippen molar-refractivity contribution >= 4 is 0 Å². The van der Waals surface area contributed by atoms with E-state index in [2.05, 4.69) is 20.5 Å². The zero-order valence-electron chi connectivity index (χ0n) is 7.18. The minimum atomic E-state index is 0.228. The summed E-state index contributed by atoms with van der Waals surface area (Å²) in [7, 11) is 1.90. The fourth-order valence-electron chi connectivity index (χ4n) is 0.791. The molecular formula is C7H14N4. The van der Waals surface area contributed by atoms with E-state index in [1.54, 1.807) is 0 Å². The second kappa shape index (κ2) is 3.48. The summed E-state index contributed by atoms with van der Waals surface area (Å²) < 4.78 is 0. The Bertz CT molecular complexity index is 218. The van der Waals surface area contributed by atoms with Crippen LogP contribution in [0.1, 0.15) is 31.5 Å². The van der Waals surface area contributed by atoms with Gasteiger partial charge in [0.2, 0.25) is 0 Å². The van der Waals surface area contributed by atoms with Crippen molar-refractivity contribution in [3.8, 4) is 0 Å². The van der Waals surface area contributed by atoms with E-state index in [0.29, 0.717) is 0 Å². The largest absolute Gasteiger partial charge is 0.311 e. The van der Waals surface area contributed by atoms with Crippen LogP contribution in [0.3, 0.4) is 0 Å². The lowest BCUT2D eigenvalue weighted by Crippen LogP contribution is -2.13. The van der Waals surface area contributed by atoms with Crippen LogP contribution < -0.4 is 5.32 Å². The first-order valence-corrected chi connectivity index (χ1v) is 3.86. The zero-order valence-corrected chi connectivity index (χ0v) is 7.18. The summed E-state index contributed by atoms with van der Waals surface area (Å²) in [5, 5.41) is 10.0. The van der Waals surface area contributed by atoms with Crippen LogP contribution in [0.2, 0.25) is 0 Å². The van der Waals surface area contributed by atoms with Crippen LogP contribution in [0.4, 0.5) is 0 Å². The molecule has 0 saturated carbocycles. The highest BCUT2D eigenvalue weighted by Crippen LogP contribution is 2.04. The van der Waals surface area contributed by atoms with Gasteiger partial charge in [0.15, 0.2) is 5.82 Å². The molecule has 1 atom stereocenters. The maximum atomic E-state index is 4.27. The summed E-state index contributed by atoms with van der Waals surface area (Å²) in [5.74, 6) is 1.78. The molecule has 0 radical (unpaired) electrons. The molecule has 0 bridgehead atoms. The van der Waals surface area contributed by atoms with Gasteiger partial charge in [-0.05, 0) is 14.0 Å². The second-order valence-electron chi connectivity index (χ2n) is 2.50. The molecule has 0 fully saturated rings. The van der Waals surface area contributed by atoms with Crippen LogP contribution in [0.5, 0.6) is 0 Å². The molecule has 0 aliphatic carbocycles. The van der Waals surface area contributed by atoms with Gasteiger partial charge in [-0.3, -0.25) is 5.10 Å². The molecule has 0 aliphatic heterocycles. The van der Waals surface area contributed by atoms with Crippen molar-refractivity contribution in [3.63, 3.8) is 0 Å². The van der Waals surface area contributed by atoms with E-state index >= 15 is 0 Å². The predicted molar refractivity (Wildman–Crippen MR) is 43.2 cm³/mol. The van der Waals surface area contributed by atoms with Crippen molar-refractivity contribution in [1.29, 1.82) is 0 Å². The number of rotatable bonds is 3. The van der Waals surface area contributed by atoms with E-state index in [0.717, 1.165) is 18.1 Å². The Hall–Kier alpha value is -0.900. The number of aryl methyl sites for hydroxylation is 1. The molecule has 4 heteroatoms. The first kappa shape index (κ1) is 8.20. The molecule has 0 aliphatic rings. The van der Waals surface area contributed by atoms with Crippen molar-refractivity contribution in [1.82, 2.24) is 20.5 Å². The maximum absolute atomic E-state index is 4.27. The molecular weight excluding hydrogens is 140 g/mol. The summed E-state index contributed by atoms with van der Waals surface area (Å²) in [5.41, 5.74) is 0. The lowest BCUT2D eigenvalue weighted by Gasteiger charge is -2.02. The van der Waals surface area contributed by atoms with Crippen molar-refractivity contribution in [3.05, 3.63) is 11.6 Å². The van der Waals surface area contributed by atoms with E-state index in [-0.39, 0.29) is 6.04 Å². The van der Waals surface area contributed by atoms with Crippen molar-refractivity contribution < 1.29 is 0 Å². The highest BCUT2D eigenvalue weighted by molar-refractivity contribution is 4.94. The molecule has 62 valence electrons. The van der Waals surface area contributed by atoms with E-state index in [9.17, 15) is 0 Å². The minimum Gasteiger partial charge on any atom is -0.311 e. The monoisotopic (exact) mass is 154 g/mol. The Morgan fingerprint density at radius 2 is 2.36 bits per heavy atom. The Kier molecular flexibility index (Phi) is 2.59. The maximum Gasteiger partial charge on any atom is 0.167 e. The topological polar surface area (TPSA) is 53.6 Å². The number of aromatic nitrogens is 3. The number of hydrogen-bond donors (Lipinski definition) is 2. The average molecular weight is 154 g/mol. The number of aromatic amines is 1. The summed E-state index contributed by atoms with van der Waals surface area (Å²) in [6, 6.07) is 0.228. The highest BCUT2D eigenvalue weighted by Gasteiger charge is 2.07. The molecule has 0 aromatic carbocycles. The smallest absolute Gasteiger partial charge is 0.167 e. The molecule has 1 heterocycles. The van der Waals surface area contributed by atoms with Crippen LogP contribution in [-0.2, 0) is 6.42 Å². The van der Waals surface area contributed by atoms with Crippen molar-refractivity contribution in [2.24, 2.45) is 0 Å². The van der Waals surface area contributed by atoms with Gasteiger partial charge < -0.3 is 5.32 Å². The Labute approximate surface area is 66.4 Å². The lowest BCUT2D eigenvalue weighted by molar-refractivity contribution is 0.613. The quantitative estimate of drug-likeness (QED) is 0.672. The first-order valence-electron chi connectivity index (χ1n) is 3.86. The summed E-state index contributed by atoms with van der Waals surface area (Å²) in [6.45, 7) is 4.08. The Balaban J connectivity index is 2.71. The molecule has 2 N–H and O–H groups in total. The van der Waals surface area contributed by atoms with Crippen molar-refractivity contribution in [2.75, 3.05) is 7.05 Å². The van der Waals surface area contributed by atoms with Gasteiger partial charge >= 0.3 is 0 Å². The Morgan fingerprint density at radius 3 is 2.82 bits per heavy atom. The van der Waals surface area contributed by atoms with Gasteiger partial charge in [-0.15, -0.1) is 0 Å². The summed E-state index contributed by atoms with van der Waals surface area (Å²) in [4.78, 5) is 4.27. The van der Waals surface area contributed by atoms with Gasteiger partial charge in [-0.1, -0.05) is 6.92 Å². The molecule has 11 heavy (non-hydrogen) atoms. The van der Waals surface area contributed by atoms with Crippen LogP contribution in [0, 0.1) is 0 Å². The van der Waals surface area contributed by atoms with Gasteiger partial charge in [0.25, 0.3) is 0 Å². The molecule has 1 aromatic rings. The number of nitrogens with zero attached hydrogens (tertiary/aromatic N) is 2. The molecule has 1 rings (SSSR count). The standard InChI is InChI=1S/C7H14N4/c1-4-6-9-7(11-10-6)5(2)8-3/h5,8H,4H2,1-3H3,(H,9,10,11). The second-order valence-corrected chi connectivity index (χ2v) is 2.50. The van der Waals surface area contributed by atoms with E-state index in [4.69, 9.17) is 0 Å². The Morgan fingerprint density at radius 1 is 1.64 bits per heavy atom. The molecule has 4 nitrogen and oxygen atoms in total. The molecule has 1 aromatic heterocycles. The summed E-state index contributed by atoms with van der Waals surface area (Å²) >= 11 is 0. The number of nitrogens with one attached hydrogen (secondary N) is 2. The zero-order chi connectivity index (χ0) is 8.27. The van der Waals surface area contributed by atoms with E-state index in [1.807, 2.05) is 20.9 Å². The number of H-pyrrole nitrogens is 1. The third kappa shape index (κ3) is 1.77. The summed E-state index contributed by atoms with van der Waals surface area (Å²) in [6.07, 6.45) is 0.906. The van der Waals surface area contributed by atoms with Crippen LogP contribution in [-0.4, -0.2) is 22.2 Å². The van der Waals surface area contributed by atoms with Crippen LogP contribution in [0.15, 0.2) is 0 Å². The van der Waals surface area contributed by atoms with E-state index in [1.165, 1.54) is 0 Å². The van der Waals surface area contributed by atoms with Gasteiger partial charge in [0, 0.05) is 6.42 Å².